The smallest absolute Gasteiger partial charge is 0.428 e. The van der Waals surface area contributed by atoms with E-state index in [2.05, 4.69) is 10.5 Å². The van der Waals surface area contributed by atoms with Crippen molar-refractivity contribution in [1.82, 2.24) is 5.43 Å². The second-order valence-electron chi connectivity index (χ2n) is 5.36. The Morgan fingerprint density at radius 3 is 2.32 bits per heavy atom. The molecule has 5 heteroatoms. The fourth-order valence-electron chi connectivity index (χ4n) is 1.32. The lowest BCUT2D eigenvalue weighted by Gasteiger charge is -2.18. The molecule has 0 aromatic heterocycles. The van der Waals surface area contributed by atoms with Crippen LogP contribution in [-0.4, -0.2) is 32.0 Å². The van der Waals surface area contributed by atoms with Crippen LogP contribution in [0.1, 0.15) is 26.3 Å². The van der Waals surface area contributed by atoms with Gasteiger partial charge in [0.1, 0.15) is 5.60 Å². The number of hydrogen-bond acceptors (Lipinski definition) is 4. The molecule has 19 heavy (non-hydrogen) atoms. The number of nitrogens with one attached hydrogen (secondary N) is 1. The Kier molecular flexibility index (Phi) is 4.92. The number of carbonyl (C=O) groups is 1. The number of hydrazone groups is 1. The highest BCUT2D eigenvalue weighted by Crippen LogP contribution is 2.11. The van der Waals surface area contributed by atoms with E-state index in [0.29, 0.717) is 0 Å². The van der Waals surface area contributed by atoms with Crippen LogP contribution in [0.3, 0.4) is 0 Å². The molecule has 0 radical (unpaired) electrons. The minimum Gasteiger partial charge on any atom is -0.443 e. The Morgan fingerprint density at radius 1 is 1.26 bits per heavy atom. The molecule has 1 aromatic rings. The molecule has 0 bridgehead atoms. The summed E-state index contributed by atoms with van der Waals surface area (Å²) in [4.78, 5) is 13.4. The summed E-state index contributed by atoms with van der Waals surface area (Å²) in [5, 5.41) is 3.84. The van der Waals surface area contributed by atoms with Gasteiger partial charge in [0, 0.05) is 19.8 Å². The third-order valence-electron chi connectivity index (χ3n) is 2.18. The molecule has 0 aliphatic heterocycles. The number of benzene rings is 1. The summed E-state index contributed by atoms with van der Waals surface area (Å²) < 4.78 is 5.06. The van der Waals surface area contributed by atoms with E-state index in [0.717, 1.165) is 11.3 Å². The highest BCUT2D eigenvalue weighted by molar-refractivity contribution is 5.81. The topological polar surface area (TPSA) is 53.9 Å². The molecule has 0 aliphatic carbocycles. The van der Waals surface area contributed by atoms with Crippen molar-refractivity contribution in [2.24, 2.45) is 5.10 Å². The van der Waals surface area contributed by atoms with Gasteiger partial charge in [-0.1, -0.05) is 12.1 Å². The average Bonchev–Trinajstić information content (AvgIpc) is 2.27. The van der Waals surface area contributed by atoms with E-state index < -0.39 is 11.7 Å². The number of carbonyl (C=O) groups excluding carboxylic acids is 1. The standard InChI is InChI=1S/C14H21N3O2/c1-14(2,3)19-13(18)16-15-10-11-6-8-12(9-7-11)17(4)5/h6-10H,1-5H3,(H,16,18). The van der Waals surface area contributed by atoms with Gasteiger partial charge >= 0.3 is 6.09 Å². The normalized spacial score (nSPS) is 11.4. The van der Waals surface area contributed by atoms with Crippen LogP contribution in [0, 0.1) is 0 Å². The predicted molar refractivity (Wildman–Crippen MR) is 77.7 cm³/mol. The summed E-state index contributed by atoms with van der Waals surface area (Å²) in [7, 11) is 3.96. The highest BCUT2D eigenvalue weighted by Gasteiger charge is 2.15. The Morgan fingerprint density at radius 2 is 1.84 bits per heavy atom. The maximum atomic E-state index is 11.3. The Labute approximate surface area is 114 Å². The fourth-order valence-corrected chi connectivity index (χ4v) is 1.32. The first-order chi connectivity index (χ1) is 8.78. The molecule has 0 aliphatic rings. The molecule has 1 rings (SSSR count). The van der Waals surface area contributed by atoms with Crippen molar-refractivity contribution in [3.8, 4) is 0 Å². The van der Waals surface area contributed by atoms with Gasteiger partial charge in [-0.15, -0.1) is 0 Å². The van der Waals surface area contributed by atoms with Crippen molar-refractivity contribution in [2.45, 2.75) is 26.4 Å². The molecule has 0 spiro atoms. The van der Waals surface area contributed by atoms with Crippen LogP contribution in [0.2, 0.25) is 0 Å². The number of hydrogen-bond donors (Lipinski definition) is 1. The highest BCUT2D eigenvalue weighted by atomic mass is 16.6. The zero-order chi connectivity index (χ0) is 14.5. The van der Waals surface area contributed by atoms with E-state index in [1.807, 2.05) is 43.3 Å². The molecular weight excluding hydrogens is 242 g/mol. The summed E-state index contributed by atoms with van der Waals surface area (Å²) in [6.07, 6.45) is 1.01. The average molecular weight is 263 g/mol. The number of rotatable bonds is 3. The van der Waals surface area contributed by atoms with Gasteiger partial charge in [-0.3, -0.25) is 0 Å². The Hall–Kier alpha value is -2.04. The summed E-state index contributed by atoms with van der Waals surface area (Å²) in [6.45, 7) is 5.41. The minimum absolute atomic E-state index is 0.521. The first kappa shape index (κ1) is 15.0. The molecule has 5 nitrogen and oxygen atoms in total. The molecule has 1 N–H and O–H groups in total. The molecular formula is C14H21N3O2. The molecule has 1 amide bonds. The zero-order valence-corrected chi connectivity index (χ0v) is 12.1. The maximum absolute atomic E-state index is 11.3. The first-order valence-corrected chi connectivity index (χ1v) is 6.07. The first-order valence-electron chi connectivity index (χ1n) is 6.07. The van der Waals surface area contributed by atoms with Gasteiger partial charge < -0.3 is 9.64 Å². The van der Waals surface area contributed by atoms with Crippen molar-refractivity contribution in [3.63, 3.8) is 0 Å². The van der Waals surface area contributed by atoms with Crippen molar-refractivity contribution >= 4 is 18.0 Å². The molecule has 0 atom stereocenters. The molecule has 0 saturated carbocycles. The van der Waals surface area contributed by atoms with Crippen LogP contribution < -0.4 is 10.3 Å². The van der Waals surface area contributed by atoms with E-state index in [-0.39, 0.29) is 0 Å². The van der Waals surface area contributed by atoms with Crippen LogP contribution >= 0.6 is 0 Å². The van der Waals surface area contributed by atoms with Crippen molar-refractivity contribution in [2.75, 3.05) is 19.0 Å². The summed E-state index contributed by atoms with van der Waals surface area (Å²) in [5.74, 6) is 0. The zero-order valence-electron chi connectivity index (χ0n) is 12.1. The molecule has 104 valence electrons. The number of nitrogens with zero attached hydrogens (tertiary/aromatic N) is 2. The van der Waals surface area contributed by atoms with Gasteiger partial charge in [-0.2, -0.15) is 5.10 Å². The van der Waals surface area contributed by atoms with Crippen LogP contribution in [0.5, 0.6) is 0 Å². The van der Waals surface area contributed by atoms with Crippen LogP contribution in [0.15, 0.2) is 29.4 Å². The summed E-state index contributed by atoms with van der Waals surface area (Å²) in [5.41, 5.74) is 3.81. The molecule has 0 saturated heterocycles. The van der Waals surface area contributed by atoms with Crippen molar-refractivity contribution in [3.05, 3.63) is 29.8 Å². The van der Waals surface area contributed by atoms with Gasteiger partial charge in [-0.25, -0.2) is 10.2 Å². The lowest BCUT2D eigenvalue weighted by atomic mass is 10.2. The van der Waals surface area contributed by atoms with E-state index in [9.17, 15) is 4.79 Å². The van der Waals surface area contributed by atoms with Gasteiger partial charge in [0.25, 0.3) is 0 Å². The maximum Gasteiger partial charge on any atom is 0.428 e. The number of ether oxygens (including phenoxy) is 1. The largest absolute Gasteiger partial charge is 0.443 e. The SMILES string of the molecule is CN(C)c1ccc(C=NNC(=O)OC(C)(C)C)cc1. The fraction of sp³-hybridized carbons (Fsp3) is 0.429. The van der Waals surface area contributed by atoms with Gasteiger partial charge in [0.05, 0.1) is 6.21 Å². The van der Waals surface area contributed by atoms with Crippen molar-refractivity contribution < 1.29 is 9.53 Å². The van der Waals surface area contributed by atoms with Crippen molar-refractivity contribution in [1.29, 1.82) is 0 Å². The van der Waals surface area contributed by atoms with E-state index >= 15 is 0 Å². The molecule has 1 aromatic carbocycles. The lowest BCUT2D eigenvalue weighted by Crippen LogP contribution is -2.29. The summed E-state index contributed by atoms with van der Waals surface area (Å²) in [6, 6.07) is 7.81. The number of amides is 1. The third-order valence-corrected chi connectivity index (χ3v) is 2.18. The molecule has 0 heterocycles. The van der Waals surface area contributed by atoms with Crippen LogP contribution in [-0.2, 0) is 4.74 Å². The monoisotopic (exact) mass is 263 g/mol. The van der Waals surface area contributed by atoms with Gasteiger partial charge in [0.15, 0.2) is 0 Å². The van der Waals surface area contributed by atoms with Crippen LogP contribution in [0.4, 0.5) is 10.5 Å². The second-order valence-corrected chi connectivity index (χ2v) is 5.36. The van der Waals surface area contributed by atoms with E-state index in [1.54, 1.807) is 27.0 Å². The lowest BCUT2D eigenvalue weighted by molar-refractivity contribution is 0.0529. The van der Waals surface area contributed by atoms with Crippen LogP contribution in [0.25, 0.3) is 0 Å². The Bertz CT molecular complexity index is 445. The second kappa shape index (κ2) is 6.22. The minimum atomic E-state index is -0.561. The van der Waals surface area contributed by atoms with E-state index in [1.165, 1.54) is 0 Å². The number of anilines is 1. The van der Waals surface area contributed by atoms with Gasteiger partial charge in [-0.05, 0) is 38.5 Å². The van der Waals surface area contributed by atoms with Gasteiger partial charge in [0.2, 0.25) is 0 Å². The Balaban J connectivity index is 2.51. The van der Waals surface area contributed by atoms with E-state index in [4.69, 9.17) is 4.74 Å². The molecule has 0 unspecified atom stereocenters. The molecule has 0 fully saturated rings. The quantitative estimate of drug-likeness (QED) is 0.673. The third kappa shape index (κ3) is 5.90. The predicted octanol–water partition coefficient (Wildman–Crippen LogP) is 2.61. The summed E-state index contributed by atoms with van der Waals surface area (Å²) >= 11 is 0.